The van der Waals surface area contributed by atoms with E-state index < -0.39 is 54.2 Å². The Balaban J connectivity index is 4.83. The Kier molecular flexibility index (Phi) is 9.02. The summed E-state index contributed by atoms with van der Waals surface area (Å²) in [4.78, 5) is 56.0. The fourth-order valence-electron chi connectivity index (χ4n) is 1.62. The monoisotopic (exact) mass is 346 g/mol. The summed E-state index contributed by atoms with van der Waals surface area (Å²) in [5.74, 6) is -4.74. The Morgan fingerprint density at radius 2 is 1.54 bits per heavy atom. The predicted octanol–water partition coefficient (Wildman–Crippen LogP) is -2.48. The molecular formula is C13H22N4O7. The van der Waals surface area contributed by atoms with Crippen LogP contribution >= 0.6 is 0 Å². The molecule has 0 aromatic rings. The van der Waals surface area contributed by atoms with Gasteiger partial charge < -0.3 is 32.3 Å². The van der Waals surface area contributed by atoms with Crippen molar-refractivity contribution in [3.05, 3.63) is 0 Å². The molecule has 0 aromatic heterocycles. The van der Waals surface area contributed by atoms with E-state index in [0.29, 0.717) is 0 Å². The van der Waals surface area contributed by atoms with E-state index in [1.165, 1.54) is 6.92 Å². The SMILES string of the molecule is C[C@H](NC(=O)[C@H](CCC(=O)O)NC(=O)[C@@H](N)CCC(N)=O)C(=O)O. The van der Waals surface area contributed by atoms with Crippen LogP contribution in [0.3, 0.4) is 0 Å². The van der Waals surface area contributed by atoms with Gasteiger partial charge in [0.05, 0.1) is 6.04 Å². The lowest BCUT2D eigenvalue weighted by Crippen LogP contribution is -2.54. The minimum Gasteiger partial charge on any atom is -0.481 e. The number of nitrogens with one attached hydrogen (secondary N) is 2. The first-order valence-electron chi connectivity index (χ1n) is 7.13. The summed E-state index contributed by atoms with van der Waals surface area (Å²) < 4.78 is 0. The maximum Gasteiger partial charge on any atom is 0.325 e. The molecule has 0 fully saturated rings. The van der Waals surface area contributed by atoms with Crippen molar-refractivity contribution in [1.29, 1.82) is 0 Å². The first kappa shape index (κ1) is 21.3. The van der Waals surface area contributed by atoms with Gasteiger partial charge >= 0.3 is 11.9 Å². The molecule has 0 aliphatic carbocycles. The largest absolute Gasteiger partial charge is 0.481 e. The Morgan fingerprint density at radius 1 is 0.958 bits per heavy atom. The summed E-state index contributed by atoms with van der Waals surface area (Å²) in [6, 6.07) is -3.60. The third kappa shape index (κ3) is 8.68. The van der Waals surface area contributed by atoms with Crippen molar-refractivity contribution < 1.29 is 34.2 Å². The second-order valence-electron chi connectivity index (χ2n) is 5.17. The zero-order chi connectivity index (χ0) is 18.9. The molecule has 0 unspecified atom stereocenters. The number of aliphatic carboxylic acids is 2. The van der Waals surface area contributed by atoms with E-state index in [1.54, 1.807) is 0 Å². The second-order valence-corrected chi connectivity index (χ2v) is 5.17. The summed E-state index contributed by atoms with van der Waals surface area (Å²) in [6.45, 7) is 1.22. The molecule has 0 aromatic carbocycles. The Morgan fingerprint density at radius 3 is 2.00 bits per heavy atom. The lowest BCUT2D eigenvalue weighted by Gasteiger charge is -2.21. The van der Waals surface area contributed by atoms with Gasteiger partial charge in [0, 0.05) is 12.8 Å². The minimum absolute atomic E-state index is 0.0417. The van der Waals surface area contributed by atoms with Gasteiger partial charge in [0.25, 0.3) is 0 Å². The topological polar surface area (TPSA) is 202 Å². The van der Waals surface area contributed by atoms with Crippen molar-refractivity contribution in [2.24, 2.45) is 11.5 Å². The van der Waals surface area contributed by atoms with Gasteiger partial charge in [-0.2, -0.15) is 0 Å². The van der Waals surface area contributed by atoms with Gasteiger partial charge in [0.1, 0.15) is 12.1 Å². The molecule has 11 nitrogen and oxygen atoms in total. The zero-order valence-electron chi connectivity index (χ0n) is 13.2. The van der Waals surface area contributed by atoms with E-state index in [2.05, 4.69) is 10.6 Å². The molecule has 0 heterocycles. The van der Waals surface area contributed by atoms with Gasteiger partial charge in [-0.25, -0.2) is 0 Å². The van der Waals surface area contributed by atoms with Crippen molar-refractivity contribution in [2.45, 2.75) is 50.7 Å². The molecule has 11 heteroatoms. The number of amides is 3. The Labute approximate surface area is 137 Å². The number of hydrogen-bond acceptors (Lipinski definition) is 6. The molecule has 8 N–H and O–H groups in total. The summed E-state index contributed by atoms with van der Waals surface area (Å²) in [6.07, 6.45) is -0.839. The molecule has 0 spiro atoms. The van der Waals surface area contributed by atoms with Crippen LogP contribution in [0.25, 0.3) is 0 Å². The van der Waals surface area contributed by atoms with Crippen molar-refractivity contribution >= 4 is 29.7 Å². The maximum atomic E-state index is 12.0. The highest BCUT2D eigenvalue weighted by atomic mass is 16.4. The molecule has 0 aliphatic rings. The summed E-state index contributed by atoms with van der Waals surface area (Å²) >= 11 is 0. The van der Waals surface area contributed by atoms with Crippen LogP contribution in [0.2, 0.25) is 0 Å². The number of nitrogens with two attached hydrogens (primary N) is 2. The molecule has 24 heavy (non-hydrogen) atoms. The number of rotatable bonds is 11. The molecule has 0 saturated heterocycles. The van der Waals surface area contributed by atoms with Gasteiger partial charge in [-0.05, 0) is 19.8 Å². The second kappa shape index (κ2) is 10.2. The molecule has 0 rings (SSSR count). The van der Waals surface area contributed by atoms with E-state index in [4.69, 9.17) is 21.7 Å². The van der Waals surface area contributed by atoms with Crippen molar-refractivity contribution in [2.75, 3.05) is 0 Å². The molecule has 0 aliphatic heterocycles. The average Bonchev–Trinajstić information content (AvgIpc) is 2.47. The number of carbonyl (C=O) groups excluding carboxylic acids is 3. The highest BCUT2D eigenvalue weighted by molar-refractivity contribution is 5.92. The third-order valence-corrected chi connectivity index (χ3v) is 3.05. The molecule has 0 bridgehead atoms. The quantitative estimate of drug-likeness (QED) is 0.236. The lowest BCUT2D eigenvalue weighted by molar-refractivity contribution is -0.142. The summed E-state index contributed by atoms with van der Waals surface area (Å²) in [5.41, 5.74) is 10.5. The fourth-order valence-corrected chi connectivity index (χ4v) is 1.62. The highest BCUT2D eigenvalue weighted by Crippen LogP contribution is 2.02. The Bertz CT molecular complexity index is 509. The number of carbonyl (C=O) groups is 5. The van der Waals surface area contributed by atoms with Crippen LogP contribution in [-0.4, -0.2) is 58.0 Å². The van der Waals surface area contributed by atoms with E-state index in [1.807, 2.05) is 0 Å². The summed E-state index contributed by atoms with van der Waals surface area (Å²) in [5, 5.41) is 21.8. The number of primary amides is 1. The molecule has 0 saturated carbocycles. The third-order valence-electron chi connectivity index (χ3n) is 3.05. The maximum absolute atomic E-state index is 12.0. The first-order chi connectivity index (χ1) is 11.0. The number of carboxylic acid groups (broad SMARTS) is 2. The first-order valence-corrected chi connectivity index (χ1v) is 7.13. The van der Waals surface area contributed by atoms with Gasteiger partial charge in [-0.3, -0.25) is 24.0 Å². The normalized spacial score (nSPS) is 14.1. The molecule has 0 radical (unpaired) electrons. The molecule has 3 amide bonds. The van der Waals surface area contributed by atoms with Gasteiger partial charge in [0.2, 0.25) is 17.7 Å². The average molecular weight is 346 g/mol. The van der Waals surface area contributed by atoms with Crippen LogP contribution in [0, 0.1) is 0 Å². The van der Waals surface area contributed by atoms with Crippen molar-refractivity contribution in [1.82, 2.24) is 10.6 Å². The van der Waals surface area contributed by atoms with Crippen LogP contribution in [0.5, 0.6) is 0 Å². The fraction of sp³-hybridized carbons (Fsp3) is 0.615. The van der Waals surface area contributed by atoms with Crippen LogP contribution < -0.4 is 22.1 Å². The summed E-state index contributed by atoms with van der Waals surface area (Å²) in [7, 11) is 0. The van der Waals surface area contributed by atoms with Gasteiger partial charge in [-0.1, -0.05) is 0 Å². The highest BCUT2D eigenvalue weighted by Gasteiger charge is 2.26. The van der Waals surface area contributed by atoms with Gasteiger partial charge in [-0.15, -0.1) is 0 Å². The van der Waals surface area contributed by atoms with Crippen molar-refractivity contribution in [3.63, 3.8) is 0 Å². The molecular weight excluding hydrogens is 324 g/mol. The molecule has 3 atom stereocenters. The smallest absolute Gasteiger partial charge is 0.325 e. The van der Waals surface area contributed by atoms with E-state index in [-0.39, 0.29) is 19.3 Å². The van der Waals surface area contributed by atoms with Crippen molar-refractivity contribution in [3.8, 4) is 0 Å². The number of carboxylic acids is 2. The van der Waals surface area contributed by atoms with Crippen LogP contribution in [-0.2, 0) is 24.0 Å². The van der Waals surface area contributed by atoms with E-state index >= 15 is 0 Å². The van der Waals surface area contributed by atoms with E-state index in [0.717, 1.165) is 0 Å². The molecule has 136 valence electrons. The predicted molar refractivity (Wildman–Crippen MR) is 80.4 cm³/mol. The number of hydrogen-bond donors (Lipinski definition) is 6. The minimum atomic E-state index is -1.29. The Hall–Kier alpha value is -2.69. The van der Waals surface area contributed by atoms with Crippen LogP contribution in [0.4, 0.5) is 0 Å². The van der Waals surface area contributed by atoms with E-state index in [9.17, 15) is 24.0 Å². The zero-order valence-corrected chi connectivity index (χ0v) is 13.2. The lowest BCUT2D eigenvalue weighted by atomic mass is 10.1. The van der Waals surface area contributed by atoms with Crippen LogP contribution in [0.15, 0.2) is 0 Å². The van der Waals surface area contributed by atoms with Crippen LogP contribution in [0.1, 0.15) is 32.6 Å². The van der Waals surface area contributed by atoms with Gasteiger partial charge in [0.15, 0.2) is 0 Å². The standard InChI is InChI=1S/C13H22N4O7/c1-6(13(23)24)16-12(22)8(3-5-10(19)20)17-11(21)7(14)2-4-9(15)18/h6-8H,2-5,14H2,1H3,(H2,15,18)(H,16,22)(H,17,21)(H,19,20)(H,23,24)/t6-,7-,8-/m0/s1.